The highest BCUT2D eigenvalue weighted by molar-refractivity contribution is 7.00. The molecule has 5 heteroatoms. The molecule has 0 radical (unpaired) electrons. The van der Waals surface area contributed by atoms with E-state index in [1.807, 2.05) is 0 Å². The summed E-state index contributed by atoms with van der Waals surface area (Å²) in [6, 6.07) is 22.1. The topological polar surface area (TPSA) is 41.0 Å². The minimum absolute atomic E-state index is 0.877. The quantitative estimate of drug-likeness (QED) is 0.397. The molecule has 0 spiro atoms. The first-order chi connectivity index (χ1) is 16.2. The SMILES string of the molecule is CCNCC=c1ccc(=C(c2ccc(N(CC)CC)cc2)c2ccc(C)c3nsnc23)cc1. The Morgan fingerprint density at radius 1 is 0.879 bits per heavy atom. The first-order valence-electron chi connectivity index (χ1n) is 11.7. The fourth-order valence-electron chi connectivity index (χ4n) is 4.22. The van der Waals surface area contributed by atoms with Gasteiger partial charge in [-0.15, -0.1) is 0 Å². The van der Waals surface area contributed by atoms with Gasteiger partial charge in [0.25, 0.3) is 0 Å². The lowest BCUT2D eigenvalue weighted by molar-refractivity contribution is 0.815. The first-order valence-corrected chi connectivity index (χ1v) is 12.5. The van der Waals surface area contributed by atoms with Crippen LogP contribution in [0.25, 0.3) is 22.7 Å². The summed E-state index contributed by atoms with van der Waals surface area (Å²) in [6.45, 7) is 12.5. The van der Waals surface area contributed by atoms with Crippen molar-refractivity contribution in [2.45, 2.75) is 27.7 Å². The average Bonchev–Trinajstić information content (AvgIpc) is 3.35. The molecule has 33 heavy (non-hydrogen) atoms. The fraction of sp³-hybridized carbons (Fsp3) is 0.286. The lowest BCUT2D eigenvalue weighted by Crippen LogP contribution is -2.21. The van der Waals surface area contributed by atoms with Crippen molar-refractivity contribution in [3.05, 3.63) is 87.8 Å². The van der Waals surface area contributed by atoms with Gasteiger partial charge in [-0.25, -0.2) is 0 Å². The maximum Gasteiger partial charge on any atom is 0.112 e. The maximum absolute atomic E-state index is 4.68. The lowest BCUT2D eigenvalue weighted by atomic mass is 9.93. The molecule has 3 aromatic carbocycles. The molecule has 4 nitrogen and oxygen atoms in total. The van der Waals surface area contributed by atoms with E-state index in [-0.39, 0.29) is 0 Å². The Kier molecular flexibility index (Phi) is 7.53. The van der Waals surface area contributed by atoms with Crippen LogP contribution in [0.2, 0.25) is 0 Å². The fourth-order valence-corrected chi connectivity index (χ4v) is 4.84. The van der Waals surface area contributed by atoms with E-state index in [0.29, 0.717) is 0 Å². The third-order valence-corrected chi connectivity index (χ3v) is 6.63. The summed E-state index contributed by atoms with van der Waals surface area (Å²) in [5, 5.41) is 5.76. The van der Waals surface area contributed by atoms with Gasteiger partial charge >= 0.3 is 0 Å². The standard InChI is InChI=1S/C28H32N4S/c1-5-29-19-18-21-9-11-22(12-10-21)26(23-13-15-24(16-14-23)32(6-2)7-3)25-17-8-20(4)27-28(25)31-33-30-27/h8-18,29H,5-7,19H2,1-4H3. The number of hydrogen-bond acceptors (Lipinski definition) is 5. The Hall–Kier alpha value is -3.02. The van der Waals surface area contributed by atoms with Crippen LogP contribution in [0.5, 0.6) is 0 Å². The van der Waals surface area contributed by atoms with E-state index in [2.05, 4.69) is 113 Å². The second kappa shape index (κ2) is 10.7. The second-order valence-electron chi connectivity index (χ2n) is 8.12. The highest BCUT2D eigenvalue weighted by atomic mass is 32.1. The number of rotatable bonds is 8. The molecule has 0 bridgehead atoms. The number of nitrogens with one attached hydrogen (secondary N) is 1. The second-order valence-corrected chi connectivity index (χ2v) is 8.65. The minimum atomic E-state index is 0.877. The van der Waals surface area contributed by atoms with Gasteiger partial charge in [-0.05, 0) is 66.6 Å². The van der Waals surface area contributed by atoms with E-state index < -0.39 is 0 Å². The van der Waals surface area contributed by atoms with Gasteiger partial charge < -0.3 is 10.2 Å². The molecule has 170 valence electrons. The van der Waals surface area contributed by atoms with Gasteiger partial charge in [0.1, 0.15) is 11.0 Å². The smallest absolute Gasteiger partial charge is 0.112 e. The van der Waals surface area contributed by atoms with Crippen LogP contribution in [0.4, 0.5) is 5.69 Å². The summed E-state index contributed by atoms with van der Waals surface area (Å²) >= 11 is 1.28. The monoisotopic (exact) mass is 456 g/mol. The number of benzene rings is 3. The number of anilines is 1. The number of aryl methyl sites for hydroxylation is 1. The van der Waals surface area contributed by atoms with E-state index >= 15 is 0 Å². The summed E-state index contributed by atoms with van der Waals surface area (Å²) in [6.07, 6.45) is 2.22. The molecule has 4 aromatic rings. The molecule has 0 amide bonds. The van der Waals surface area contributed by atoms with Gasteiger partial charge in [0, 0.05) is 30.9 Å². The third kappa shape index (κ3) is 5.00. The molecular weight excluding hydrogens is 424 g/mol. The predicted octanol–water partition coefficient (Wildman–Crippen LogP) is 4.48. The molecule has 0 atom stereocenters. The van der Waals surface area contributed by atoms with E-state index in [4.69, 9.17) is 0 Å². The van der Waals surface area contributed by atoms with Gasteiger partial charge in [-0.1, -0.05) is 61.5 Å². The van der Waals surface area contributed by atoms with Crippen molar-refractivity contribution >= 4 is 40.1 Å². The zero-order valence-electron chi connectivity index (χ0n) is 19.9. The van der Waals surface area contributed by atoms with Crippen LogP contribution in [-0.4, -0.2) is 34.9 Å². The molecule has 1 heterocycles. The van der Waals surface area contributed by atoms with Crippen LogP contribution in [-0.2, 0) is 0 Å². The summed E-state index contributed by atoms with van der Waals surface area (Å²) < 4.78 is 9.24. The van der Waals surface area contributed by atoms with Gasteiger partial charge in [0.15, 0.2) is 0 Å². The van der Waals surface area contributed by atoms with Crippen LogP contribution in [0, 0.1) is 6.92 Å². The molecule has 0 saturated heterocycles. The lowest BCUT2D eigenvalue weighted by Gasteiger charge is -2.21. The van der Waals surface area contributed by atoms with Crippen molar-refractivity contribution < 1.29 is 0 Å². The third-order valence-electron chi connectivity index (χ3n) is 6.10. The number of aromatic nitrogens is 2. The van der Waals surface area contributed by atoms with E-state index in [1.54, 1.807) is 0 Å². The summed E-state index contributed by atoms with van der Waals surface area (Å²) in [5.74, 6) is 0. The average molecular weight is 457 g/mol. The van der Waals surface area contributed by atoms with Crippen LogP contribution in [0.1, 0.15) is 37.5 Å². The minimum Gasteiger partial charge on any atom is -0.372 e. The summed E-state index contributed by atoms with van der Waals surface area (Å²) in [7, 11) is 0. The van der Waals surface area contributed by atoms with Crippen molar-refractivity contribution in [1.82, 2.24) is 14.1 Å². The zero-order chi connectivity index (χ0) is 23.2. The van der Waals surface area contributed by atoms with E-state index in [0.717, 1.165) is 48.3 Å². The Labute approximate surface area is 200 Å². The molecule has 0 unspecified atom stereocenters. The largest absolute Gasteiger partial charge is 0.372 e. The van der Waals surface area contributed by atoms with Crippen molar-refractivity contribution in [3.63, 3.8) is 0 Å². The molecule has 0 aliphatic heterocycles. The summed E-state index contributed by atoms with van der Waals surface area (Å²) in [5.41, 5.74) is 7.89. The molecule has 1 aromatic heterocycles. The highest BCUT2D eigenvalue weighted by Crippen LogP contribution is 2.30. The predicted molar refractivity (Wildman–Crippen MR) is 142 cm³/mol. The molecule has 4 rings (SSSR count). The molecular formula is C28H32N4S. The normalized spacial score (nSPS) is 11.0. The first kappa shape index (κ1) is 23.1. The van der Waals surface area contributed by atoms with E-state index in [9.17, 15) is 0 Å². The van der Waals surface area contributed by atoms with Crippen LogP contribution in [0.3, 0.4) is 0 Å². The number of nitrogens with zero attached hydrogens (tertiary/aromatic N) is 3. The highest BCUT2D eigenvalue weighted by Gasteiger charge is 2.15. The van der Waals surface area contributed by atoms with Crippen molar-refractivity contribution in [2.75, 3.05) is 31.1 Å². The van der Waals surface area contributed by atoms with Crippen LogP contribution in [0.15, 0.2) is 60.7 Å². The molecule has 0 aliphatic carbocycles. The van der Waals surface area contributed by atoms with Crippen LogP contribution >= 0.6 is 11.7 Å². The Morgan fingerprint density at radius 2 is 1.58 bits per heavy atom. The van der Waals surface area contributed by atoms with Gasteiger partial charge in [0.2, 0.25) is 0 Å². The Bertz CT molecular complexity index is 1310. The number of hydrogen-bond donors (Lipinski definition) is 1. The molecule has 0 saturated carbocycles. The summed E-state index contributed by atoms with van der Waals surface area (Å²) in [4.78, 5) is 2.37. The zero-order valence-corrected chi connectivity index (χ0v) is 20.7. The van der Waals surface area contributed by atoms with Gasteiger partial charge in [-0.3, -0.25) is 0 Å². The maximum atomic E-state index is 4.68. The van der Waals surface area contributed by atoms with Crippen molar-refractivity contribution in [3.8, 4) is 0 Å². The van der Waals surface area contributed by atoms with Crippen molar-refractivity contribution in [1.29, 1.82) is 0 Å². The molecule has 1 N–H and O–H groups in total. The molecule has 0 aliphatic rings. The molecule has 0 fully saturated rings. The number of fused-ring (bicyclic) bond motifs is 1. The van der Waals surface area contributed by atoms with Crippen molar-refractivity contribution in [2.24, 2.45) is 0 Å². The van der Waals surface area contributed by atoms with E-state index in [1.165, 1.54) is 39.0 Å². The Morgan fingerprint density at radius 3 is 2.24 bits per heavy atom. The van der Waals surface area contributed by atoms with Gasteiger partial charge in [0.05, 0.1) is 11.7 Å². The Balaban J connectivity index is 1.90. The van der Waals surface area contributed by atoms with Gasteiger partial charge in [-0.2, -0.15) is 8.75 Å². The van der Waals surface area contributed by atoms with Crippen LogP contribution < -0.4 is 20.7 Å².